The molecule has 1 amide bonds. The third-order valence-electron chi connectivity index (χ3n) is 3.93. The molecule has 0 heterocycles. The summed E-state index contributed by atoms with van der Waals surface area (Å²) in [6.07, 6.45) is 0.900. The van der Waals surface area contributed by atoms with Crippen LogP contribution in [0.5, 0.6) is 0 Å². The smallest absolute Gasteiger partial charge is 0.246 e. The van der Waals surface area contributed by atoms with E-state index in [1.165, 1.54) is 18.9 Å². The largest absolute Gasteiger partial charge is 0.340 e. The fraction of sp³-hybridized carbons (Fsp3) is 0.278. The molecule has 0 saturated carbocycles. The first-order valence-corrected chi connectivity index (χ1v) is 10.2. The summed E-state index contributed by atoms with van der Waals surface area (Å²) in [7, 11) is -2.40. The van der Waals surface area contributed by atoms with Crippen molar-refractivity contribution in [3.63, 3.8) is 0 Å². The third-order valence-corrected chi connectivity index (χ3v) is 5.43. The molecule has 0 aromatic heterocycles. The first-order chi connectivity index (χ1) is 12.5. The van der Waals surface area contributed by atoms with Crippen molar-refractivity contribution >= 4 is 33.2 Å². The van der Waals surface area contributed by atoms with Crippen LogP contribution in [-0.2, 0) is 21.4 Å². The summed E-state index contributed by atoms with van der Waals surface area (Å²) in [5, 5.41) is 0.558. The maximum absolute atomic E-state index is 13.6. The van der Waals surface area contributed by atoms with Crippen molar-refractivity contribution in [3.05, 3.63) is 64.7 Å². The Morgan fingerprint density at radius 2 is 1.70 bits per heavy atom. The number of benzene rings is 2. The van der Waals surface area contributed by atoms with Crippen LogP contribution in [0.4, 0.5) is 14.5 Å². The van der Waals surface area contributed by atoms with Gasteiger partial charge in [-0.05, 0) is 36.8 Å². The number of carbonyl (C=O) groups excluding carboxylic acids is 1. The first-order valence-electron chi connectivity index (χ1n) is 7.94. The van der Waals surface area contributed by atoms with Crippen LogP contribution in [0.15, 0.2) is 42.5 Å². The van der Waals surface area contributed by atoms with E-state index in [4.69, 9.17) is 11.6 Å². The summed E-state index contributed by atoms with van der Waals surface area (Å²) in [6, 6.07) is 8.40. The van der Waals surface area contributed by atoms with Gasteiger partial charge in [0.2, 0.25) is 15.9 Å². The predicted octanol–water partition coefficient (Wildman–Crippen LogP) is 3.43. The van der Waals surface area contributed by atoms with Crippen LogP contribution >= 0.6 is 11.6 Å². The summed E-state index contributed by atoms with van der Waals surface area (Å²) in [4.78, 5) is 14.1. The number of anilines is 1. The molecular weight excluding hydrogens is 398 g/mol. The second kappa shape index (κ2) is 8.22. The minimum Gasteiger partial charge on any atom is -0.340 e. The molecule has 0 unspecified atom stereocenters. The van der Waals surface area contributed by atoms with Gasteiger partial charge < -0.3 is 4.90 Å². The lowest BCUT2D eigenvalue weighted by atomic mass is 10.2. The Bertz CT molecular complexity index is 936. The van der Waals surface area contributed by atoms with E-state index in [9.17, 15) is 22.0 Å². The number of carbonyl (C=O) groups is 1. The molecule has 0 radical (unpaired) electrons. The lowest BCUT2D eigenvalue weighted by Crippen LogP contribution is -2.48. The number of amides is 1. The quantitative estimate of drug-likeness (QED) is 0.724. The lowest BCUT2D eigenvalue weighted by Gasteiger charge is -2.31. The Morgan fingerprint density at radius 3 is 2.22 bits per heavy atom. The highest BCUT2D eigenvalue weighted by molar-refractivity contribution is 7.92. The van der Waals surface area contributed by atoms with E-state index in [1.54, 1.807) is 24.3 Å². The van der Waals surface area contributed by atoms with E-state index in [1.807, 2.05) is 0 Å². The van der Waals surface area contributed by atoms with Crippen molar-refractivity contribution in [1.29, 1.82) is 0 Å². The lowest BCUT2D eigenvalue weighted by molar-refractivity contribution is -0.131. The van der Waals surface area contributed by atoms with Crippen molar-refractivity contribution < 1.29 is 22.0 Å². The maximum atomic E-state index is 13.6. The van der Waals surface area contributed by atoms with Gasteiger partial charge in [-0.3, -0.25) is 9.10 Å². The van der Waals surface area contributed by atoms with E-state index < -0.39 is 33.6 Å². The molecule has 0 aliphatic rings. The summed E-state index contributed by atoms with van der Waals surface area (Å²) >= 11 is 5.83. The zero-order valence-corrected chi connectivity index (χ0v) is 16.6. The van der Waals surface area contributed by atoms with Gasteiger partial charge in [0.05, 0.1) is 11.9 Å². The molecule has 0 spiro atoms. The average molecular weight is 417 g/mol. The monoisotopic (exact) mass is 416 g/mol. The number of likely N-dealkylation sites (N-methyl/N-ethyl adjacent to an activating group) is 1. The molecule has 0 fully saturated rings. The second-order valence-corrected chi connectivity index (χ2v) is 8.45. The van der Waals surface area contributed by atoms with Gasteiger partial charge in [-0.15, -0.1) is 0 Å². The van der Waals surface area contributed by atoms with Gasteiger partial charge in [0, 0.05) is 24.7 Å². The van der Waals surface area contributed by atoms with Gasteiger partial charge >= 0.3 is 0 Å². The highest BCUT2D eigenvalue weighted by atomic mass is 35.5. The number of nitrogens with zero attached hydrogens (tertiary/aromatic N) is 2. The summed E-state index contributed by atoms with van der Waals surface area (Å²) in [5.41, 5.74) is 0.679. The van der Waals surface area contributed by atoms with Crippen LogP contribution in [0.2, 0.25) is 5.02 Å². The number of sulfonamides is 1. The zero-order chi connectivity index (χ0) is 20.4. The molecule has 146 valence electrons. The number of hydrogen-bond donors (Lipinski definition) is 0. The van der Waals surface area contributed by atoms with Crippen LogP contribution in [0, 0.1) is 11.6 Å². The molecule has 5 nitrogen and oxygen atoms in total. The van der Waals surface area contributed by atoms with Gasteiger partial charge in [-0.1, -0.05) is 23.7 Å². The van der Waals surface area contributed by atoms with Crippen LogP contribution < -0.4 is 4.31 Å². The van der Waals surface area contributed by atoms with Crippen LogP contribution in [-0.4, -0.2) is 38.6 Å². The van der Waals surface area contributed by atoms with E-state index >= 15 is 0 Å². The van der Waals surface area contributed by atoms with Crippen molar-refractivity contribution in [2.24, 2.45) is 0 Å². The minimum absolute atomic E-state index is 0.128. The SMILES string of the molecule is C[C@H](C(=O)N(C)Cc1ccc(Cl)cc1)N(c1ccc(F)c(F)c1)S(C)(=O)=O. The number of hydrogen-bond acceptors (Lipinski definition) is 3. The van der Waals surface area contributed by atoms with Gasteiger partial charge in [0.15, 0.2) is 11.6 Å². The van der Waals surface area contributed by atoms with Crippen LogP contribution in [0.1, 0.15) is 12.5 Å². The topological polar surface area (TPSA) is 57.7 Å². The highest BCUT2D eigenvalue weighted by Crippen LogP contribution is 2.24. The Labute approximate surface area is 162 Å². The summed E-state index contributed by atoms with van der Waals surface area (Å²) < 4.78 is 52.0. The van der Waals surface area contributed by atoms with Crippen molar-refractivity contribution in [3.8, 4) is 0 Å². The summed E-state index contributed by atoms with van der Waals surface area (Å²) in [6.45, 7) is 1.62. The standard InChI is InChI=1S/C18H19ClF2N2O3S/c1-12(18(24)22(2)11-13-4-6-14(19)7-5-13)23(27(3,25)26)15-8-9-16(20)17(21)10-15/h4-10,12H,11H2,1-3H3/t12-/m1/s1. The number of rotatable bonds is 6. The van der Waals surface area contributed by atoms with E-state index in [0.717, 1.165) is 34.3 Å². The molecule has 9 heteroatoms. The molecule has 2 aromatic carbocycles. The highest BCUT2D eigenvalue weighted by Gasteiger charge is 2.31. The Balaban J connectivity index is 2.28. The van der Waals surface area contributed by atoms with Crippen LogP contribution in [0.25, 0.3) is 0 Å². The van der Waals surface area contributed by atoms with E-state index in [0.29, 0.717) is 5.02 Å². The normalized spacial score (nSPS) is 12.5. The fourth-order valence-corrected chi connectivity index (χ4v) is 3.97. The first kappa shape index (κ1) is 21.1. The predicted molar refractivity (Wildman–Crippen MR) is 101 cm³/mol. The Kier molecular flexibility index (Phi) is 6.43. The Hall–Kier alpha value is -2.19. The average Bonchev–Trinajstić information content (AvgIpc) is 2.58. The van der Waals surface area contributed by atoms with Gasteiger partial charge in [0.25, 0.3) is 0 Å². The Morgan fingerprint density at radius 1 is 1.11 bits per heavy atom. The van der Waals surface area contributed by atoms with E-state index in [2.05, 4.69) is 0 Å². The van der Waals surface area contributed by atoms with Crippen molar-refractivity contribution in [2.75, 3.05) is 17.6 Å². The molecule has 0 aliphatic heterocycles. The molecule has 1 atom stereocenters. The van der Waals surface area contributed by atoms with Crippen molar-refractivity contribution in [2.45, 2.75) is 19.5 Å². The van der Waals surface area contributed by atoms with Gasteiger partial charge in [-0.25, -0.2) is 17.2 Å². The summed E-state index contributed by atoms with van der Waals surface area (Å²) in [5.74, 6) is -2.80. The zero-order valence-electron chi connectivity index (χ0n) is 15.0. The third kappa shape index (κ3) is 5.17. The molecule has 2 rings (SSSR count). The molecule has 0 saturated heterocycles. The van der Waals surface area contributed by atoms with E-state index in [-0.39, 0.29) is 12.2 Å². The number of halogens is 3. The molecule has 2 aromatic rings. The fourth-order valence-electron chi connectivity index (χ4n) is 2.69. The van der Waals surface area contributed by atoms with Gasteiger partial charge in [-0.2, -0.15) is 0 Å². The second-order valence-electron chi connectivity index (χ2n) is 6.15. The minimum atomic E-state index is -3.92. The van der Waals surface area contributed by atoms with Gasteiger partial charge in [0.1, 0.15) is 6.04 Å². The molecule has 27 heavy (non-hydrogen) atoms. The molecule has 0 N–H and O–H groups in total. The molecular formula is C18H19ClF2N2O3S. The van der Waals surface area contributed by atoms with Crippen molar-refractivity contribution in [1.82, 2.24) is 4.90 Å². The molecule has 0 aliphatic carbocycles. The van der Waals surface area contributed by atoms with Crippen LogP contribution in [0.3, 0.4) is 0 Å². The molecule has 0 bridgehead atoms. The maximum Gasteiger partial charge on any atom is 0.246 e.